The molecular weight excluding hydrogens is 242 g/mol. The molecule has 0 aliphatic rings. The van der Waals surface area contributed by atoms with E-state index in [1.807, 2.05) is 0 Å². The number of amides is 1. The maximum Gasteiger partial charge on any atom is 0.350 e. The number of thiophene rings is 1. The quantitative estimate of drug-likeness (QED) is 0.837. The number of esters is 1. The first kappa shape index (κ1) is 13.7. The van der Waals surface area contributed by atoms with E-state index in [-0.39, 0.29) is 5.91 Å². The summed E-state index contributed by atoms with van der Waals surface area (Å²) in [4.78, 5) is 23.6. The van der Waals surface area contributed by atoms with E-state index in [4.69, 9.17) is 4.74 Å². The van der Waals surface area contributed by atoms with Crippen molar-refractivity contribution in [1.29, 1.82) is 0 Å². The Morgan fingerprint density at radius 3 is 2.53 bits per heavy atom. The number of nitrogens with one attached hydrogen (secondary N) is 1. The molecule has 0 atom stereocenters. The summed E-state index contributed by atoms with van der Waals surface area (Å²) in [6, 6.07) is 1.65. The standard InChI is InChI=1S/C11H15NO4S/c1-11(2,16-4)10(14)12-7-5-6-17-8(7)9(13)15-3/h5-6H,1-4H3,(H,12,14). The molecule has 0 bridgehead atoms. The van der Waals surface area contributed by atoms with Crippen LogP contribution in [0, 0.1) is 0 Å². The average Bonchev–Trinajstić information content (AvgIpc) is 2.76. The van der Waals surface area contributed by atoms with Crippen LogP contribution in [-0.2, 0) is 14.3 Å². The maximum absolute atomic E-state index is 11.8. The molecule has 0 saturated carbocycles. The molecule has 6 heteroatoms. The van der Waals surface area contributed by atoms with Crippen molar-refractivity contribution in [2.75, 3.05) is 19.5 Å². The molecule has 1 aromatic rings. The third-order valence-corrected chi connectivity index (χ3v) is 3.24. The highest BCUT2D eigenvalue weighted by atomic mass is 32.1. The Morgan fingerprint density at radius 1 is 1.35 bits per heavy atom. The zero-order chi connectivity index (χ0) is 13.1. The van der Waals surface area contributed by atoms with Gasteiger partial charge in [0.15, 0.2) is 0 Å². The molecule has 0 saturated heterocycles. The average molecular weight is 257 g/mol. The number of hydrogen-bond donors (Lipinski definition) is 1. The Bertz CT molecular complexity index is 425. The first-order valence-corrected chi connectivity index (χ1v) is 5.82. The molecule has 0 aromatic carbocycles. The van der Waals surface area contributed by atoms with E-state index in [9.17, 15) is 9.59 Å². The van der Waals surface area contributed by atoms with Gasteiger partial charge < -0.3 is 14.8 Å². The molecule has 1 amide bonds. The Hall–Kier alpha value is -1.40. The van der Waals surface area contributed by atoms with E-state index in [1.54, 1.807) is 25.3 Å². The van der Waals surface area contributed by atoms with Gasteiger partial charge in [0.1, 0.15) is 10.5 Å². The van der Waals surface area contributed by atoms with Crippen LogP contribution in [0.4, 0.5) is 5.69 Å². The number of hydrogen-bond acceptors (Lipinski definition) is 5. The van der Waals surface area contributed by atoms with Gasteiger partial charge in [-0.05, 0) is 25.3 Å². The van der Waals surface area contributed by atoms with Gasteiger partial charge in [0, 0.05) is 7.11 Å². The monoisotopic (exact) mass is 257 g/mol. The predicted octanol–water partition coefficient (Wildman–Crippen LogP) is 1.90. The summed E-state index contributed by atoms with van der Waals surface area (Å²) in [6.07, 6.45) is 0. The Balaban J connectivity index is 2.86. The van der Waals surface area contributed by atoms with E-state index >= 15 is 0 Å². The van der Waals surface area contributed by atoms with Crippen molar-refractivity contribution in [2.24, 2.45) is 0 Å². The summed E-state index contributed by atoms with van der Waals surface area (Å²) >= 11 is 1.21. The Morgan fingerprint density at radius 2 is 2.00 bits per heavy atom. The van der Waals surface area contributed by atoms with Crippen LogP contribution in [0.15, 0.2) is 11.4 Å². The van der Waals surface area contributed by atoms with Gasteiger partial charge in [0.05, 0.1) is 12.8 Å². The molecule has 0 unspecified atom stereocenters. The summed E-state index contributed by atoms with van der Waals surface area (Å²) in [5.74, 6) is -0.783. The van der Waals surface area contributed by atoms with Crippen molar-refractivity contribution in [3.8, 4) is 0 Å². The van der Waals surface area contributed by atoms with Gasteiger partial charge >= 0.3 is 5.97 Å². The summed E-state index contributed by atoms with van der Waals surface area (Å²) in [5.41, 5.74) is -0.507. The molecule has 0 radical (unpaired) electrons. The van der Waals surface area contributed by atoms with E-state index < -0.39 is 11.6 Å². The fourth-order valence-corrected chi connectivity index (χ4v) is 1.79. The van der Waals surface area contributed by atoms with Crippen molar-refractivity contribution in [3.63, 3.8) is 0 Å². The first-order valence-electron chi connectivity index (χ1n) is 4.94. The lowest BCUT2D eigenvalue weighted by molar-refractivity contribution is -0.133. The van der Waals surface area contributed by atoms with Crippen molar-refractivity contribution >= 4 is 28.9 Å². The van der Waals surface area contributed by atoms with Crippen LogP contribution in [0.2, 0.25) is 0 Å². The minimum Gasteiger partial charge on any atom is -0.465 e. The molecule has 1 heterocycles. The van der Waals surface area contributed by atoms with Crippen molar-refractivity contribution in [1.82, 2.24) is 0 Å². The van der Waals surface area contributed by atoms with Gasteiger partial charge in [0.2, 0.25) is 0 Å². The normalized spacial score (nSPS) is 11.1. The second-order valence-electron chi connectivity index (χ2n) is 3.82. The summed E-state index contributed by atoms with van der Waals surface area (Å²) < 4.78 is 9.67. The van der Waals surface area contributed by atoms with Crippen LogP contribution in [-0.4, -0.2) is 31.7 Å². The molecule has 1 rings (SSSR count). The fraction of sp³-hybridized carbons (Fsp3) is 0.455. The molecule has 0 fully saturated rings. The molecule has 1 N–H and O–H groups in total. The molecule has 1 aromatic heterocycles. The number of anilines is 1. The first-order chi connectivity index (χ1) is 7.92. The van der Waals surface area contributed by atoms with E-state index in [2.05, 4.69) is 10.1 Å². The molecule has 17 heavy (non-hydrogen) atoms. The van der Waals surface area contributed by atoms with Crippen LogP contribution in [0.5, 0.6) is 0 Å². The minimum absolute atomic E-state index is 0.316. The molecule has 0 aliphatic heterocycles. The lowest BCUT2D eigenvalue weighted by atomic mass is 10.1. The topological polar surface area (TPSA) is 64.6 Å². The number of rotatable bonds is 4. The fourth-order valence-electron chi connectivity index (χ4n) is 1.02. The largest absolute Gasteiger partial charge is 0.465 e. The number of carbonyl (C=O) groups excluding carboxylic acids is 2. The van der Waals surface area contributed by atoms with Gasteiger partial charge in [0.25, 0.3) is 5.91 Å². The zero-order valence-electron chi connectivity index (χ0n) is 10.2. The third-order valence-electron chi connectivity index (χ3n) is 2.34. The summed E-state index contributed by atoms with van der Waals surface area (Å²) in [6.45, 7) is 3.29. The van der Waals surface area contributed by atoms with Crippen molar-refractivity contribution in [2.45, 2.75) is 19.4 Å². The van der Waals surface area contributed by atoms with E-state index in [0.717, 1.165) is 0 Å². The lowest BCUT2D eigenvalue weighted by Crippen LogP contribution is -2.39. The minimum atomic E-state index is -0.949. The molecule has 94 valence electrons. The smallest absolute Gasteiger partial charge is 0.350 e. The summed E-state index contributed by atoms with van der Waals surface area (Å²) in [7, 11) is 2.75. The van der Waals surface area contributed by atoms with Crippen LogP contribution in [0.3, 0.4) is 0 Å². The highest BCUT2D eigenvalue weighted by Crippen LogP contribution is 2.24. The van der Waals surface area contributed by atoms with Crippen LogP contribution < -0.4 is 5.32 Å². The number of carbonyl (C=O) groups is 2. The second kappa shape index (κ2) is 5.29. The maximum atomic E-state index is 11.8. The van der Waals surface area contributed by atoms with Gasteiger partial charge in [-0.1, -0.05) is 0 Å². The SMILES string of the molecule is COC(=O)c1sccc1NC(=O)C(C)(C)OC. The second-order valence-corrected chi connectivity index (χ2v) is 4.74. The Labute approximate surface area is 104 Å². The lowest BCUT2D eigenvalue weighted by Gasteiger charge is -2.21. The molecule has 5 nitrogen and oxygen atoms in total. The van der Waals surface area contributed by atoms with Gasteiger partial charge in [-0.3, -0.25) is 4.79 Å². The zero-order valence-corrected chi connectivity index (χ0v) is 11.0. The summed E-state index contributed by atoms with van der Waals surface area (Å²) in [5, 5.41) is 4.35. The highest BCUT2D eigenvalue weighted by Gasteiger charge is 2.28. The molecule has 0 aliphatic carbocycles. The number of ether oxygens (including phenoxy) is 2. The predicted molar refractivity (Wildman–Crippen MR) is 65.4 cm³/mol. The van der Waals surface area contributed by atoms with Crippen LogP contribution in [0.1, 0.15) is 23.5 Å². The van der Waals surface area contributed by atoms with Gasteiger partial charge in [-0.2, -0.15) is 0 Å². The van der Waals surface area contributed by atoms with Gasteiger partial charge in [-0.15, -0.1) is 11.3 Å². The van der Waals surface area contributed by atoms with E-state index in [0.29, 0.717) is 10.6 Å². The van der Waals surface area contributed by atoms with Crippen molar-refractivity contribution in [3.05, 3.63) is 16.3 Å². The Kier molecular flexibility index (Phi) is 4.25. The van der Waals surface area contributed by atoms with Crippen LogP contribution in [0.25, 0.3) is 0 Å². The van der Waals surface area contributed by atoms with Crippen LogP contribution >= 0.6 is 11.3 Å². The van der Waals surface area contributed by atoms with E-state index in [1.165, 1.54) is 25.6 Å². The van der Waals surface area contributed by atoms with Gasteiger partial charge in [-0.25, -0.2) is 4.79 Å². The molecule has 0 spiro atoms. The highest BCUT2D eigenvalue weighted by molar-refractivity contribution is 7.12. The number of methoxy groups -OCH3 is 2. The van der Waals surface area contributed by atoms with Crippen molar-refractivity contribution < 1.29 is 19.1 Å². The third kappa shape index (κ3) is 3.04. The molecular formula is C11H15NO4S.